The van der Waals surface area contributed by atoms with E-state index in [1.54, 1.807) is 6.20 Å². The van der Waals surface area contributed by atoms with Crippen LogP contribution in [-0.4, -0.2) is 35.6 Å². The Balaban J connectivity index is 0.00000243. The lowest BCUT2D eigenvalue weighted by Gasteiger charge is -2.11. The van der Waals surface area contributed by atoms with Gasteiger partial charge in [-0.2, -0.15) is 5.10 Å². The molecule has 0 fully saturated rings. The lowest BCUT2D eigenvalue weighted by Crippen LogP contribution is -2.38. The molecule has 1 aliphatic heterocycles. The highest BCUT2D eigenvalue weighted by molar-refractivity contribution is 14.0. The molecule has 9 heteroatoms. The number of aryl methyl sites for hydroxylation is 1. The van der Waals surface area contributed by atoms with Crippen LogP contribution in [0.25, 0.3) is 0 Å². The monoisotopic (exact) mass is 535 g/mol. The van der Waals surface area contributed by atoms with Crippen LogP contribution in [0.15, 0.2) is 40.1 Å². The molecule has 2 aromatic rings. The Bertz CT molecular complexity index is 724. The summed E-state index contributed by atoms with van der Waals surface area (Å²) in [7, 11) is 0. The van der Waals surface area contributed by atoms with Crippen molar-refractivity contribution < 1.29 is 9.47 Å². The number of benzene rings is 1. The lowest BCUT2D eigenvalue weighted by molar-refractivity contribution is 0.173. The van der Waals surface area contributed by atoms with Crippen LogP contribution in [0.1, 0.15) is 18.9 Å². The Morgan fingerprint density at radius 2 is 2.23 bits per heavy atom. The molecular weight excluding hydrogens is 513 g/mol. The van der Waals surface area contributed by atoms with E-state index in [4.69, 9.17) is 9.47 Å². The SMILES string of the molecule is CCNC(=NCc1cc(Br)c2c(c1)OCO2)NCCCn1cccn1.I. The predicted octanol–water partition coefficient (Wildman–Crippen LogP) is 3.14. The molecular formula is C17H23BrIN5O2. The number of nitrogens with zero attached hydrogens (tertiary/aromatic N) is 3. The molecule has 0 aliphatic carbocycles. The number of rotatable bonds is 7. The molecule has 0 bridgehead atoms. The van der Waals surface area contributed by atoms with E-state index in [-0.39, 0.29) is 30.8 Å². The van der Waals surface area contributed by atoms with Gasteiger partial charge in [-0.05, 0) is 53.0 Å². The highest BCUT2D eigenvalue weighted by atomic mass is 127. The summed E-state index contributed by atoms with van der Waals surface area (Å²) in [6, 6.07) is 5.92. The third kappa shape index (κ3) is 5.76. The minimum absolute atomic E-state index is 0. The number of ether oxygens (including phenoxy) is 2. The number of fused-ring (bicyclic) bond motifs is 1. The minimum Gasteiger partial charge on any atom is -0.454 e. The fourth-order valence-corrected chi connectivity index (χ4v) is 3.11. The van der Waals surface area contributed by atoms with Gasteiger partial charge in [0.25, 0.3) is 0 Å². The molecule has 0 amide bonds. The van der Waals surface area contributed by atoms with Gasteiger partial charge in [0.05, 0.1) is 11.0 Å². The number of guanidine groups is 1. The number of nitrogens with one attached hydrogen (secondary N) is 2. The summed E-state index contributed by atoms with van der Waals surface area (Å²) in [5.74, 6) is 2.32. The molecule has 0 saturated carbocycles. The maximum atomic E-state index is 5.45. The van der Waals surface area contributed by atoms with Crippen molar-refractivity contribution in [2.45, 2.75) is 26.4 Å². The molecule has 0 spiro atoms. The second-order valence-electron chi connectivity index (χ2n) is 5.56. The van der Waals surface area contributed by atoms with Crippen molar-refractivity contribution in [3.05, 3.63) is 40.6 Å². The van der Waals surface area contributed by atoms with Gasteiger partial charge in [-0.3, -0.25) is 4.68 Å². The average Bonchev–Trinajstić information content (AvgIpc) is 3.28. The van der Waals surface area contributed by atoms with E-state index in [0.29, 0.717) is 6.54 Å². The van der Waals surface area contributed by atoms with Crippen molar-refractivity contribution in [2.75, 3.05) is 19.9 Å². The normalized spacial score (nSPS) is 12.6. The maximum Gasteiger partial charge on any atom is 0.231 e. The van der Waals surface area contributed by atoms with Gasteiger partial charge in [-0.25, -0.2) is 4.99 Å². The summed E-state index contributed by atoms with van der Waals surface area (Å²) in [6.45, 7) is 5.41. The van der Waals surface area contributed by atoms with Crippen LogP contribution >= 0.6 is 39.9 Å². The smallest absolute Gasteiger partial charge is 0.231 e. The molecule has 1 aromatic carbocycles. The minimum atomic E-state index is 0. The molecule has 0 unspecified atom stereocenters. The molecule has 7 nitrogen and oxygen atoms in total. The first-order valence-electron chi connectivity index (χ1n) is 8.34. The first-order chi connectivity index (χ1) is 12.3. The molecule has 142 valence electrons. The van der Waals surface area contributed by atoms with Gasteiger partial charge in [0.1, 0.15) is 0 Å². The zero-order chi connectivity index (χ0) is 17.5. The Hall–Kier alpha value is -1.49. The van der Waals surface area contributed by atoms with Crippen molar-refractivity contribution >= 4 is 45.9 Å². The van der Waals surface area contributed by atoms with E-state index in [1.807, 2.05) is 29.1 Å². The third-order valence-electron chi connectivity index (χ3n) is 3.67. The van der Waals surface area contributed by atoms with Crippen LogP contribution in [0.5, 0.6) is 11.5 Å². The highest BCUT2D eigenvalue weighted by Crippen LogP contribution is 2.40. The average molecular weight is 536 g/mol. The topological polar surface area (TPSA) is 72.7 Å². The molecule has 0 saturated heterocycles. The van der Waals surface area contributed by atoms with Crippen molar-refractivity contribution in [3.8, 4) is 11.5 Å². The van der Waals surface area contributed by atoms with E-state index in [9.17, 15) is 0 Å². The maximum absolute atomic E-state index is 5.45. The van der Waals surface area contributed by atoms with E-state index >= 15 is 0 Å². The fraction of sp³-hybridized carbons (Fsp3) is 0.412. The summed E-state index contributed by atoms with van der Waals surface area (Å²) in [6.07, 6.45) is 4.74. The van der Waals surface area contributed by atoms with Gasteiger partial charge in [0, 0.05) is 32.0 Å². The molecule has 0 radical (unpaired) electrons. The van der Waals surface area contributed by atoms with Gasteiger partial charge in [0.2, 0.25) is 6.79 Å². The first kappa shape index (κ1) is 20.8. The van der Waals surface area contributed by atoms with Crippen LogP contribution in [0, 0.1) is 0 Å². The van der Waals surface area contributed by atoms with Crippen LogP contribution in [0.2, 0.25) is 0 Å². The zero-order valence-electron chi connectivity index (χ0n) is 14.6. The summed E-state index contributed by atoms with van der Waals surface area (Å²) in [5.41, 5.74) is 1.06. The summed E-state index contributed by atoms with van der Waals surface area (Å²) in [4.78, 5) is 4.64. The van der Waals surface area contributed by atoms with E-state index in [2.05, 4.69) is 43.6 Å². The number of halogens is 2. The highest BCUT2D eigenvalue weighted by Gasteiger charge is 2.17. The Kier molecular flexibility index (Phi) is 8.49. The van der Waals surface area contributed by atoms with E-state index in [1.165, 1.54) is 0 Å². The van der Waals surface area contributed by atoms with Gasteiger partial charge in [-0.15, -0.1) is 24.0 Å². The number of hydrogen-bond donors (Lipinski definition) is 2. The van der Waals surface area contributed by atoms with Crippen molar-refractivity contribution in [1.82, 2.24) is 20.4 Å². The third-order valence-corrected chi connectivity index (χ3v) is 4.26. The quantitative estimate of drug-likeness (QED) is 0.247. The van der Waals surface area contributed by atoms with E-state index in [0.717, 1.165) is 53.5 Å². The fourth-order valence-electron chi connectivity index (χ4n) is 2.50. The predicted molar refractivity (Wildman–Crippen MR) is 115 cm³/mol. The van der Waals surface area contributed by atoms with Crippen LogP contribution in [0.4, 0.5) is 0 Å². The van der Waals surface area contributed by atoms with E-state index < -0.39 is 0 Å². The Morgan fingerprint density at radius 1 is 1.35 bits per heavy atom. The second-order valence-corrected chi connectivity index (χ2v) is 6.41. The van der Waals surface area contributed by atoms with Gasteiger partial charge >= 0.3 is 0 Å². The van der Waals surface area contributed by atoms with Crippen molar-refractivity contribution in [1.29, 1.82) is 0 Å². The van der Waals surface area contributed by atoms with Crippen LogP contribution < -0.4 is 20.1 Å². The standard InChI is InChI=1S/C17H22BrN5O2.HI/c1-2-19-17(20-5-3-7-23-8-4-6-22-23)21-11-13-9-14(18)16-15(10-13)24-12-25-16;/h4,6,8-10H,2-3,5,7,11-12H2,1H3,(H2,19,20,21);1H. The lowest BCUT2D eigenvalue weighted by atomic mass is 10.2. The molecule has 1 aliphatic rings. The molecule has 3 rings (SSSR count). The first-order valence-corrected chi connectivity index (χ1v) is 9.13. The summed E-state index contributed by atoms with van der Waals surface area (Å²) in [5, 5.41) is 10.8. The summed E-state index contributed by atoms with van der Waals surface area (Å²) < 4.78 is 13.7. The van der Waals surface area contributed by atoms with Crippen LogP contribution in [-0.2, 0) is 13.1 Å². The summed E-state index contributed by atoms with van der Waals surface area (Å²) >= 11 is 3.51. The largest absolute Gasteiger partial charge is 0.454 e. The number of aromatic nitrogens is 2. The zero-order valence-corrected chi connectivity index (χ0v) is 18.5. The second kappa shape index (κ2) is 10.6. The molecule has 2 heterocycles. The Labute approximate surface area is 178 Å². The Morgan fingerprint density at radius 3 is 3.00 bits per heavy atom. The van der Waals surface area contributed by atoms with Gasteiger partial charge in [-0.1, -0.05) is 0 Å². The molecule has 1 aromatic heterocycles. The van der Waals surface area contributed by atoms with Crippen molar-refractivity contribution in [2.24, 2.45) is 4.99 Å². The van der Waals surface area contributed by atoms with Gasteiger partial charge < -0.3 is 20.1 Å². The van der Waals surface area contributed by atoms with Crippen molar-refractivity contribution in [3.63, 3.8) is 0 Å². The molecule has 26 heavy (non-hydrogen) atoms. The molecule has 0 atom stereocenters. The van der Waals surface area contributed by atoms with Crippen LogP contribution in [0.3, 0.4) is 0 Å². The van der Waals surface area contributed by atoms with Gasteiger partial charge in [0.15, 0.2) is 17.5 Å². The number of aliphatic imine (C=N–C) groups is 1. The molecule has 2 N–H and O–H groups in total. The number of hydrogen-bond acceptors (Lipinski definition) is 4.